The van der Waals surface area contributed by atoms with Gasteiger partial charge in [0, 0.05) is 23.1 Å². The van der Waals surface area contributed by atoms with E-state index in [9.17, 15) is 4.79 Å². The lowest BCUT2D eigenvalue weighted by Crippen LogP contribution is -2.11. The van der Waals surface area contributed by atoms with Crippen LogP contribution in [0.15, 0.2) is 24.3 Å². The Labute approximate surface area is 93.3 Å². The number of carboxylic acid groups (broad SMARTS) is 1. The summed E-state index contributed by atoms with van der Waals surface area (Å²) in [7, 11) is 0. The van der Waals surface area contributed by atoms with Gasteiger partial charge in [-0.15, -0.1) is 0 Å². The molecule has 0 aliphatic heterocycles. The summed E-state index contributed by atoms with van der Waals surface area (Å²) < 4.78 is 0. The third-order valence-electron chi connectivity index (χ3n) is 2.52. The van der Waals surface area contributed by atoms with Crippen LogP contribution in [0.2, 0.25) is 0 Å². The van der Waals surface area contributed by atoms with Crippen molar-refractivity contribution >= 4 is 16.9 Å². The van der Waals surface area contributed by atoms with Crippen LogP contribution in [-0.2, 0) is 6.54 Å². The van der Waals surface area contributed by atoms with Gasteiger partial charge in [-0.1, -0.05) is 13.0 Å². The Morgan fingerprint density at radius 3 is 3.00 bits per heavy atom. The van der Waals surface area contributed by atoms with Crippen LogP contribution in [0.4, 0.5) is 0 Å². The molecule has 0 unspecified atom stereocenters. The molecule has 84 valence electrons. The smallest absolute Gasteiger partial charge is 0.336 e. The van der Waals surface area contributed by atoms with E-state index in [1.165, 1.54) is 0 Å². The summed E-state index contributed by atoms with van der Waals surface area (Å²) in [5.41, 5.74) is 2.22. The molecular formula is C12H14N2O2. The molecule has 1 aromatic carbocycles. The lowest BCUT2D eigenvalue weighted by Gasteiger charge is -1.96. The Kier molecular flexibility index (Phi) is 2.92. The average Bonchev–Trinajstić information content (AvgIpc) is 2.68. The molecule has 0 atom stereocenters. The number of fused-ring (bicyclic) bond motifs is 1. The van der Waals surface area contributed by atoms with E-state index < -0.39 is 5.97 Å². The van der Waals surface area contributed by atoms with Gasteiger partial charge in [-0.05, 0) is 24.7 Å². The van der Waals surface area contributed by atoms with Crippen molar-refractivity contribution in [2.75, 3.05) is 6.54 Å². The van der Waals surface area contributed by atoms with Gasteiger partial charge in [0.25, 0.3) is 0 Å². The summed E-state index contributed by atoms with van der Waals surface area (Å²) in [5.74, 6) is -0.889. The van der Waals surface area contributed by atoms with E-state index in [2.05, 4.69) is 10.3 Å². The SMILES string of the molecule is CCNCc1cc2c(C(=O)O)cccc2[nH]1. The first-order valence-corrected chi connectivity index (χ1v) is 5.27. The number of benzene rings is 1. The van der Waals surface area contributed by atoms with Crippen LogP contribution in [0.25, 0.3) is 10.9 Å². The van der Waals surface area contributed by atoms with E-state index >= 15 is 0 Å². The lowest BCUT2D eigenvalue weighted by atomic mass is 10.1. The highest BCUT2D eigenvalue weighted by Gasteiger charge is 2.10. The van der Waals surface area contributed by atoms with E-state index in [0.29, 0.717) is 5.56 Å². The van der Waals surface area contributed by atoms with Crippen LogP contribution >= 0.6 is 0 Å². The lowest BCUT2D eigenvalue weighted by molar-refractivity contribution is 0.0699. The summed E-state index contributed by atoms with van der Waals surface area (Å²) >= 11 is 0. The highest BCUT2D eigenvalue weighted by atomic mass is 16.4. The molecule has 0 spiro atoms. The molecule has 3 N–H and O–H groups in total. The third-order valence-corrected chi connectivity index (χ3v) is 2.52. The average molecular weight is 218 g/mol. The van der Waals surface area contributed by atoms with Gasteiger partial charge in [-0.25, -0.2) is 4.79 Å². The third kappa shape index (κ3) is 1.92. The molecule has 0 radical (unpaired) electrons. The number of nitrogens with one attached hydrogen (secondary N) is 2. The van der Waals surface area contributed by atoms with Gasteiger partial charge < -0.3 is 15.4 Å². The first kappa shape index (κ1) is 10.7. The Morgan fingerprint density at radius 2 is 2.31 bits per heavy atom. The van der Waals surface area contributed by atoms with Gasteiger partial charge in [0.1, 0.15) is 0 Å². The van der Waals surface area contributed by atoms with Crippen molar-refractivity contribution in [3.05, 3.63) is 35.5 Å². The molecule has 4 heteroatoms. The Morgan fingerprint density at radius 1 is 1.50 bits per heavy atom. The first-order chi connectivity index (χ1) is 7.72. The highest BCUT2D eigenvalue weighted by Crippen LogP contribution is 2.19. The molecule has 16 heavy (non-hydrogen) atoms. The zero-order valence-electron chi connectivity index (χ0n) is 9.08. The van der Waals surface area contributed by atoms with Crippen molar-refractivity contribution in [3.63, 3.8) is 0 Å². The Bertz CT molecular complexity index is 517. The van der Waals surface area contributed by atoms with Crippen molar-refractivity contribution in [1.29, 1.82) is 0 Å². The fourth-order valence-electron chi connectivity index (χ4n) is 1.75. The van der Waals surface area contributed by atoms with Crippen molar-refractivity contribution in [3.8, 4) is 0 Å². The molecule has 0 aliphatic rings. The fourth-order valence-corrected chi connectivity index (χ4v) is 1.75. The predicted molar refractivity (Wildman–Crippen MR) is 62.6 cm³/mol. The number of aromatic carboxylic acids is 1. The number of aromatic amines is 1. The number of H-pyrrole nitrogens is 1. The van der Waals surface area contributed by atoms with E-state index in [1.807, 2.05) is 19.1 Å². The van der Waals surface area contributed by atoms with Gasteiger partial charge in [-0.3, -0.25) is 0 Å². The topological polar surface area (TPSA) is 65.1 Å². The van der Waals surface area contributed by atoms with Crippen molar-refractivity contribution in [2.24, 2.45) is 0 Å². The zero-order valence-corrected chi connectivity index (χ0v) is 9.08. The molecule has 0 amide bonds. The van der Waals surface area contributed by atoms with E-state index in [4.69, 9.17) is 5.11 Å². The fraction of sp³-hybridized carbons (Fsp3) is 0.250. The van der Waals surface area contributed by atoms with Gasteiger partial charge >= 0.3 is 5.97 Å². The van der Waals surface area contributed by atoms with E-state index in [-0.39, 0.29) is 0 Å². The standard InChI is InChI=1S/C12H14N2O2/c1-2-13-7-8-6-10-9(12(15)16)4-3-5-11(10)14-8/h3-6,13-14H,2,7H2,1H3,(H,15,16). The monoisotopic (exact) mass is 218 g/mol. The molecule has 1 heterocycles. The molecular weight excluding hydrogens is 204 g/mol. The van der Waals surface area contributed by atoms with Crippen LogP contribution in [0.5, 0.6) is 0 Å². The van der Waals surface area contributed by atoms with Crippen LogP contribution < -0.4 is 5.32 Å². The van der Waals surface area contributed by atoms with Gasteiger partial charge in [-0.2, -0.15) is 0 Å². The molecule has 0 fully saturated rings. The summed E-state index contributed by atoms with van der Waals surface area (Å²) in [6.07, 6.45) is 0. The Hall–Kier alpha value is -1.81. The number of rotatable bonds is 4. The maximum absolute atomic E-state index is 11.0. The maximum Gasteiger partial charge on any atom is 0.336 e. The van der Waals surface area contributed by atoms with Gasteiger partial charge in [0.15, 0.2) is 0 Å². The van der Waals surface area contributed by atoms with Crippen LogP contribution in [0, 0.1) is 0 Å². The van der Waals surface area contributed by atoms with Crippen LogP contribution in [0.1, 0.15) is 23.0 Å². The van der Waals surface area contributed by atoms with E-state index in [0.717, 1.165) is 29.7 Å². The number of hydrogen-bond donors (Lipinski definition) is 3. The molecule has 0 saturated carbocycles. The quantitative estimate of drug-likeness (QED) is 0.735. The number of hydrogen-bond acceptors (Lipinski definition) is 2. The van der Waals surface area contributed by atoms with Crippen molar-refractivity contribution in [2.45, 2.75) is 13.5 Å². The number of carbonyl (C=O) groups is 1. The predicted octanol–water partition coefficient (Wildman–Crippen LogP) is 1.98. The van der Waals surface area contributed by atoms with Crippen LogP contribution in [0.3, 0.4) is 0 Å². The van der Waals surface area contributed by atoms with Gasteiger partial charge in [0.05, 0.1) is 5.56 Å². The molecule has 0 aliphatic carbocycles. The van der Waals surface area contributed by atoms with Gasteiger partial charge in [0.2, 0.25) is 0 Å². The molecule has 0 bridgehead atoms. The minimum atomic E-state index is -0.889. The normalized spacial score (nSPS) is 10.8. The number of carboxylic acids is 1. The molecule has 2 rings (SSSR count). The van der Waals surface area contributed by atoms with Crippen LogP contribution in [-0.4, -0.2) is 22.6 Å². The maximum atomic E-state index is 11.0. The molecule has 4 nitrogen and oxygen atoms in total. The second-order valence-corrected chi connectivity index (χ2v) is 3.65. The molecule has 0 saturated heterocycles. The highest BCUT2D eigenvalue weighted by molar-refractivity contribution is 6.03. The van der Waals surface area contributed by atoms with E-state index in [1.54, 1.807) is 12.1 Å². The summed E-state index contributed by atoms with van der Waals surface area (Å²) in [6.45, 7) is 3.65. The summed E-state index contributed by atoms with van der Waals surface area (Å²) in [5, 5.41) is 13.0. The summed E-state index contributed by atoms with van der Waals surface area (Å²) in [4.78, 5) is 14.2. The minimum absolute atomic E-state index is 0.344. The first-order valence-electron chi connectivity index (χ1n) is 5.27. The minimum Gasteiger partial charge on any atom is -0.478 e. The second kappa shape index (κ2) is 4.37. The largest absolute Gasteiger partial charge is 0.478 e. The second-order valence-electron chi connectivity index (χ2n) is 3.65. The van der Waals surface area contributed by atoms with Crippen molar-refractivity contribution < 1.29 is 9.90 Å². The Balaban J connectivity index is 2.44. The van der Waals surface area contributed by atoms with Crippen molar-refractivity contribution in [1.82, 2.24) is 10.3 Å². The molecule has 1 aromatic heterocycles. The zero-order chi connectivity index (χ0) is 11.5. The number of aromatic nitrogens is 1. The summed E-state index contributed by atoms with van der Waals surface area (Å²) in [6, 6.07) is 7.15. The molecule has 2 aromatic rings.